The van der Waals surface area contributed by atoms with Crippen molar-refractivity contribution in [1.29, 1.82) is 0 Å². The third-order valence-corrected chi connectivity index (χ3v) is 3.14. The molecule has 6 heteroatoms. The lowest BCUT2D eigenvalue weighted by Crippen LogP contribution is -2.15. The molecule has 4 nitrogen and oxygen atoms in total. The van der Waals surface area contributed by atoms with Gasteiger partial charge in [0, 0.05) is 10.7 Å². The summed E-state index contributed by atoms with van der Waals surface area (Å²) in [6.07, 6.45) is 0. The molecule has 2 aromatic carbocycles. The first-order chi connectivity index (χ1) is 9.88. The van der Waals surface area contributed by atoms with E-state index in [0.717, 1.165) is 6.07 Å². The molecule has 0 aliphatic heterocycles. The van der Waals surface area contributed by atoms with Gasteiger partial charge >= 0.3 is 5.97 Å². The van der Waals surface area contributed by atoms with Crippen LogP contribution in [0.3, 0.4) is 0 Å². The number of hydrogen-bond donors (Lipinski definition) is 2. The zero-order valence-electron chi connectivity index (χ0n) is 11.0. The van der Waals surface area contributed by atoms with Crippen LogP contribution in [0, 0.1) is 12.7 Å². The number of aromatic carboxylic acids is 1. The second-order valence-corrected chi connectivity index (χ2v) is 4.85. The number of carbonyl (C=O) groups excluding carboxylic acids is 1. The SMILES string of the molecule is Cc1ccc(C(=O)O)cc1NC(=O)c1ccc(Cl)cc1F. The molecule has 21 heavy (non-hydrogen) atoms. The van der Waals surface area contributed by atoms with Crippen molar-refractivity contribution >= 4 is 29.2 Å². The van der Waals surface area contributed by atoms with Gasteiger partial charge < -0.3 is 10.4 Å². The number of carboxylic acid groups (broad SMARTS) is 1. The molecule has 108 valence electrons. The smallest absolute Gasteiger partial charge is 0.335 e. The Hall–Kier alpha value is -2.40. The molecule has 0 aliphatic carbocycles. The first kappa shape index (κ1) is 15.0. The summed E-state index contributed by atoms with van der Waals surface area (Å²) in [4.78, 5) is 23.0. The quantitative estimate of drug-likeness (QED) is 0.907. The Kier molecular flexibility index (Phi) is 4.23. The van der Waals surface area contributed by atoms with Gasteiger partial charge in [-0.15, -0.1) is 0 Å². The predicted molar refractivity (Wildman–Crippen MR) is 77.5 cm³/mol. The Balaban J connectivity index is 2.31. The van der Waals surface area contributed by atoms with Gasteiger partial charge in [-0.05, 0) is 42.8 Å². The van der Waals surface area contributed by atoms with Gasteiger partial charge in [-0.3, -0.25) is 4.79 Å². The number of amides is 1. The first-order valence-electron chi connectivity index (χ1n) is 5.99. The van der Waals surface area contributed by atoms with Crippen molar-refractivity contribution in [3.05, 3.63) is 63.9 Å². The van der Waals surface area contributed by atoms with Gasteiger partial charge in [0.25, 0.3) is 5.91 Å². The van der Waals surface area contributed by atoms with Gasteiger partial charge in [0.15, 0.2) is 0 Å². The van der Waals surface area contributed by atoms with E-state index < -0.39 is 17.7 Å². The summed E-state index contributed by atoms with van der Waals surface area (Å²) in [6.45, 7) is 1.71. The Morgan fingerprint density at radius 3 is 2.52 bits per heavy atom. The van der Waals surface area contributed by atoms with Gasteiger partial charge in [-0.25, -0.2) is 9.18 Å². The van der Waals surface area contributed by atoms with Gasteiger partial charge in [-0.1, -0.05) is 17.7 Å². The maximum Gasteiger partial charge on any atom is 0.335 e. The predicted octanol–water partition coefficient (Wildman–Crippen LogP) is 3.74. The Morgan fingerprint density at radius 1 is 1.19 bits per heavy atom. The molecule has 0 spiro atoms. The van der Waals surface area contributed by atoms with Gasteiger partial charge in [-0.2, -0.15) is 0 Å². The number of carbonyl (C=O) groups is 2. The fourth-order valence-corrected chi connectivity index (χ4v) is 1.91. The molecular formula is C15H11ClFNO3. The summed E-state index contributed by atoms with van der Waals surface area (Å²) >= 11 is 5.63. The summed E-state index contributed by atoms with van der Waals surface area (Å²) in [5.74, 6) is -2.52. The average Bonchev–Trinajstić information content (AvgIpc) is 2.40. The molecule has 0 radical (unpaired) electrons. The zero-order valence-corrected chi connectivity index (χ0v) is 11.7. The van der Waals surface area contributed by atoms with Crippen molar-refractivity contribution in [3.8, 4) is 0 Å². The van der Waals surface area contributed by atoms with Crippen molar-refractivity contribution in [3.63, 3.8) is 0 Å². The number of carboxylic acids is 1. The van der Waals surface area contributed by atoms with E-state index >= 15 is 0 Å². The van der Waals surface area contributed by atoms with Gasteiger partial charge in [0.2, 0.25) is 0 Å². The van der Waals surface area contributed by atoms with E-state index in [4.69, 9.17) is 16.7 Å². The van der Waals surface area contributed by atoms with Crippen molar-refractivity contribution in [1.82, 2.24) is 0 Å². The normalized spacial score (nSPS) is 10.2. The molecule has 0 bridgehead atoms. The van der Waals surface area contributed by atoms with E-state index in [2.05, 4.69) is 5.32 Å². The molecular weight excluding hydrogens is 297 g/mol. The van der Waals surface area contributed by atoms with Crippen LogP contribution in [-0.2, 0) is 0 Å². The number of halogens is 2. The van der Waals surface area contributed by atoms with Gasteiger partial charge in [0.05, 0.1) is 11.1 Å². The van der Waals surface area contributed by atoms with Crippen LogP contribution in [0.15, 0.2) is 36.4 Å². The zero-order chi connectivity index (χ0) is 15.6. The van der Waals surface area contributed by atoms with Crippen molar-refractivity contribution in [2.75, 3.05) is 5.32 Å². The van der Waals surface area contributed by atoms with Crippen LogP contribution < -0.4 is 5.32 Å². The third kappa shape index (κ3) is 3.38. The molecule has 0 aromatic heterocycles. The molecule has 2 N–H and O–H groups in total. The van der Waals surface area contributed by atoms with Crippen LogP contribution in [-0.4, -0.2) is 17.0 Å². The summed E-state index contributed by atoms with van der Waals surface area (Å²) in [6, 6.07) is 8.03. The molecule has 2 aromatic rings. The largest absolute Gasteiger partial charge is 0.478 e. The topological polar surface area (TPSA) is 66.4 Å². The molecule has 0 fully saturated rings. The molecule has 0 atom stereocenters. The average molecular weight is 308 g/mol. The number of aryl methyl sites for hydroxylation is 1. The van der Waals surface area contributed by atoms with Crippen LogP contribution in [0.4, 0.5) is 10.1 Å². The van der Waals surface area contributed by atoms with Crippen LogP contribution >= 0.6 is 11.6 Å². The van der Waals surface area contributed by atoms with E-state index in [9.17, 15) is 14.0 Å². The number of hydrogen-bond acceptors (Lipinski definition) is 2. The minimum Gasteiger partial charge on any atom is -0.478 e. The lowest BCUT2D eigenvalue weighted by Gasteiger charge is -2.10. The van der Waals surface area contributed by atoms with E-state index in [1.54, 1.807) is 13.0 Å². The first-order valence-corrected chi connectivity index (χ1v) is 6.36. The van der Waals surface area contributed by atoms with E-state index in [0.29, 0.717) is 11.3 Å². The minimum absolute atomic E-state index is 0.0347. The monoisotopic (exact) mass is 307 g/mol. The highest BCUT2D eigenvalue weighted by atomic mass is 35.5. The number of nitrogens with one attached hydrogen (secondary N) is 1. The van der Waals surface area contributed by atoms with Crippen LogP contribution in [0.5, 0.6) is 0 Å². The minimum atomic E-state index is -1.11. The summed E-state index contributed by atoms with van der Waals surface area (Å²) < 4.78 is 13.7. The molecule has 2 rings (SSSR count). The lowest BCUT2D eigenvalue weighted by atomic mass is 10.1. The fraction of sp³-hybridized carbons (Fsp3) is 0.0667. The summed E-state index contributed by atoms with van der Waals surface area (Å²) in [7, 11) is 0. The van der Waals surface area contributed by atoms with E-state index in [-0.39, 0.29) is 16.1 Å². The second kappa shape index (κ2) is 5.93. The molecule has 1 amide bonds. The van der Waals surface area contributed by atoms with Gasteiger partial charge in [0.1, 0.15) is 5.82 Å². The fourth-order valence-electron chi connectivity index (χ4n) is 1.75. The van der Waals surface area contributed by atoms with Crippen molar-refractivity contribution in [2.24, 2.45) is 0 Å². The van der Waals surface area contributed by atoms with Crippen molar-refractivity contribution in [2.45, 2.75) is 6.92 Å². The van der Waals surface area contributed by atoms with Crippen LogP contribution in [0.25, 0.3) is 0 Å². The molecule has 0 saturated carbocycles. The van der Waals surface area contributed by atoms with E-state index in [1.807, 2.05) is 0 Å². The molecule has 0 aliphatic rings. The highest BCUT2D eigenvalue weighted by Gasteiger charge is 2.14. The molecule has 0 saturated heterocycles. The third-order valence-electron chi connectivity index (χ3n) is 2.91. The number of benzene rings is 2. The van der Waals surface area contributed by atoms with E-state index in [1.165, 1.54) is 24.3 Å². The Bertz CT molecular complexity index is 731. The van der Waals surface area contributed by atoms with Crippen molar-refractivity contribution < 1.29 is 19.1 Å². The number of anilines is 1. The maximum atomic E-state index is 13.7. The van der Waals surface area contributed by atoms with Crippen LogP contribution in [0.2, 0.25) is 5.02 Å². The van der Waals surface area contributed by atoms with Crippen LogP contribution in [0.1, 0.15) is 26.3 Å². The second-order valence-electron chi connectivity index (χ2n) is 4.41. The molecule has 0 heterocycles. The number of rotatable bonds is 3. The maximum absolute atomic E-state index is 13.7. The molecule has 0 unspecified atom stereocenters. The Labute approximate surface area is 125 Å². The summed E-state index contributed by atoms with van der Waals surface area (Å²) in [5.41, 5.74) is 0.851. The highest BCUT2D eigenvalue weighted by Crippen LogP contribution is 2.20. The Morgan fingerprint density at radius 2 is 1.90 bits per heavy atom. The highest BCUT2D eigenvalue weighted by molar-refractivity contribution is 6.30. The lowest BCUT2D eigenvalue weighted by molar-refractivity contribution is 0.0696. The summed E-state index contributed by atoms with van der Waals surface area (Å²) in [5, 5.41) is 11.6. The standard InChI is InChI=1S/C15H11ClFNO3/c1-8-2-3-9(15(20)21)6-13(8)18-14(19)11-5-4-10(16)7-12(11)17/h2-7H,1H3,(H,18,19)(H,20,21).